The Balaban J connectivity index is 1.37. The van der Waals surface area contributed by atoms with Crippen LogP contribution in [0.4, 0.5) is 36.4 Å². The van der Waals surface area contributed by atoms with Crippen molar-refractivity contribution in [3.8, 4) is 5.75 Å². The third-order valence-electron chi connectivity index (χ3n) is 5.84. The maximum absolute atomic E-state index is 12.4. The molecule has 1 amide bonds. The average Bonchev–Trinajstić information content (AvgIpc) is 2.82. The van der Waals surface area contributed by atoms with Gasteiger partial charge in [0.25, 0.3) is 0 Å². The Bertz CT molecular complexity index is 1240. The molecule has 1 aliphatic heterocycles. The normalized spacial score (nSPS) is 14.4. The van der Waals surface area contributed by atoms with Crippen molar-refractivity contribution in [3.63, 3.8) is 0 Å². The smallest absolute Gasteiger partial charge is 0.406 e. The summed E-state index contributed by atoms with van der Waals surface area (Å²) in [5.74, 6) is 1.18. The molecular weight excluding hydrogens is 487 g/mol. The Hall–Kier alpha value is -3.93. The van der Waals surface area contributed by atoms with E-state index in [2.05, 4.69) is 40.1 Å². The number of amides is 1. The summed E-state index contributed by atoms with van der Waals surface area (Å²) in [7, 11) is 0. The standard InChI is InChI=1S/C25H28F3N7O2/c1-16-21(31-18(3)36)5-4-6-22(16)32-23-29-17(2)30-24(33-23)35-13-11-34(12-14-35)15-19-7-9-20(10-8-19)37-25(26,27)28/h4-10H,11-15H2,1-3H3,(H,31,36)(H,29,30,32,33). The van der Waals surface area contributed by atoms with Crippen LogP contribution < -0.4 is 20.3 Å². The van der Waals surface area contributed by atoms with Crippen LogP contribution in [0.3, 0.4) is 0 Å². The minimum Gasteiger partial charge on any atom is -0.406 e. The fourth-order valence-electron chi connectivity index (χ4n) is 4.04. The second kappa shape index (κ2) is 11.0. The first kappa shape index (κ1) is 26.1. The fourth-order valence-corrected chi connectivity index (χ4v) is 4.04. The Kier molecular flexibility index (Phi) is 7.77. The minimum absolute atomic E-state index is 0.148. The third kappa shape index (κ3) is 7.29. The number of nitrogens with one attached hydrogen (secondary N) is 2. The Labute approximate surface area is 212 Å². The molecule has 2 aromatic carbocycles. The lowest BCUT2D eigenvalue weighted by molar-refractivity contribution is -0.274. The van der Waals surface area contributed by atoms with E-state index in [9.17, 15) is 18.0 Å². The van der Waals surface area contributed by atoms with Gasteiger partial charge in [-0.25, -0.2) is 0 Å². The van der Waals surface area contributed by atoms with Crippen LogP contribution in [0.2, 0.25) is 0 Å². The van der Waals surface area contributed by atoms with Crippen LogP contribution in [0.25, 0.3) is 0 Å². The molecule has 1 saturated heterocycles. The molecule has 37 heavy (non-hydrogen) atoms. The number of rotatable bonds is 7. The molecule has 1 fully saturated rings. The first-order valence-corrected chi connectivity index (χ1v) is 11.7. The van der Waals surface area contributed by atoms with Gasteiger partial charge in [0.1, 0.15) is 11.6 Å². The molecule has 0 aliphatic carbocycles. The van der Waals surface area contributed by atoms with Crippen molar-refractivity contribution in [3.05, 3.63) is 59.4 Å². The molecule has 0 spiro atoms. The van der Waals surface area contributed by atoms with Gasteiger partial charge < -0.3 is 20.3 Å². The lowest BCUT2D eigenvalue weighted by Crippen LogP contribution is -2.46. The van der Waals surface area contributed by atoms with Gasteiger partial charge in [0.05, 0.1) is 0 Å². The SMILES string of the molecule is CC(=O)Nc1cccc(Nc2nc(C)nc(N3CCN(Cc4ccc(OC(F)(F)F)cc4)CC3)n2)c1C. The number of anilines is 4. The highest BCUT2D eigenvalue weighted by Crippen LogP contribution is 2.26. The number of ether oxygens (including phenoxy) is 1. The summed E-state index contributed by atoms with van der Waals surface area (Å²) in [4.78, 5) is 29.3. The number of piperazine rings is 1. The van der Waals surface area contributed by atoms with Crippen LogP contribution >= 0.6 is 0 Å². The molecule has 0 unspecified atom stereocenters. The Morgan fingerprint density at radius 2 is 1.65 bits per heavy atom. The number of halogens is 3. The number of aryl methyl sites for hydroxylation is 1. The Morgan fingerprint density at radius 1 is 0.973 bits per heavy atom. The average molecular weight is 516 g/mol. The molecular formula is C25H28F3N7O2. The molecule has 2 heterocycles. The van der Waals surface area contributed by atoms with Gasteiger partial charge in [-0.3, -0.25) is 9.69 Å². The summed E-state index contributed by atoms with van der Waals surface area (Å²) < 4.78 is 41.0. The molecule has 0 saturated carbocycles. The number of carbonyl (C=O) groups is 1. The van der Waals surface area contributed by atoms with Crippen molar-refractivity contribution < 1.29 is 22.7 Å². The summed E-state index contributed by atoms with van der Waals surface area (Å²) in [6, 6.07) is 11.5. The highest BCUT2D eigenvalue weighted by Gasteiger charge is 2.31. The van der Waals surface area contributed by atoms with Gasteiger partial charge in [0, 0.05) is 51.0 Å². The van der Waals surface area contributed by atoms with Gasteiger partial charge in [-0.2, -0.15) is 15.0 Å². The highest BCUT2D eigenvalue weighted by molar-refractivity contribution is 5.90. The second-order valence-electron chi connectivity index (χ2n) is 8.75. The number of carbonyl (C=O) groups excluding carboxylic acids is 1. The van der Waals surface area contributed by atoms with E-state index < -0.39 is 6.36 Å². The second-order valence-corrected chi connectivity index (χ2v) is 8.75. The van der Waals surface area contributed by atoms with Gasteiger partial charge in [0.15, 0.2) is 0 Å². The maximum Gasteiger partial charge on any atom is 0.573 e. The number of alkyl halides is 3. The molecule has 0 atom stereocenters. The molecule has 0 radical (unpaired) electrons. The van der Waals surface area contributed by atoms with Gasteiger partial charge in [-0.1, -0.05) is 18.2 Å². The van der Waals surface area contributed by atoms with E-state index in [0.29, 0.717) is 43.0 Å². The van der Waals surface area contributed by atoms with Crippen molar-refractivity contribution in [1.82, 2.24) is 19.9 Å². The van der Waals surface area contributed by atoms with Crippen LogP contribution in [0.5, 0.6) is 5.75 Å². The van der Waals surface area contributed by atoms with Crippen molar-refractivity contribution in [2.24, 2.45) is 0 Å². The minimum atomic E-state index is -4.70. The van der Waals surface area contributed by atoms with Crippen LogP contribution in [-0.4, -0.2) is 58.3 Å². The lowest BCUT2D eigenvalue weighted by atomic mass is 10.1. The summed E-state index contributed by atoms with van der Waals surface area (Å²) in [5, 5.41) is 6.05. The number of hydrogen-bond donors (Lipinski definition) is 2. The predicted octanol–water partition coefficient (Wildman–Crippen LogP) is 4.41. The predicted molar refractivity (Wildman–Crippen MR) is 134 cm³/mol. The molecule has 2 N–H and O–H groups in total. The number of benzene rings is 2. The van der Waals surface area contributed by atoms with Crippen molar-refractivity contribution in [2.45, 2.75) is 33.7 Å². The fraction of sp³-hybridized carbons (Fsp3) is 0.360. The zero-order chi connectivity index (χ0) is 26.6. The Morgan fingerprint density at radius 3 is 2.30 bits per heavy atom. The molecule has 1 aromatic heterocycles. The molecule has 3 aromatic rings. The van der Waals surface area contributed by atoms with Crippen LogP contribution in [0.15, 0.2) is 42.5 Å². The largest absolute Gasteiger partial charge is 0.573 e. The number of nitrogens with zero attached hydrogens (tertiary/aromatic N) is 5. The molecule has 4 rings (SSSR count). The van der Waals surface area contributed by atoms with E-state index in [1.54, 1.807) is 19.1 Å². The summed E-state index contributed by atoms with van der Waals surface area (Å²) in [6.07, 6.45) is -4.70. The van der Waals surface area contributed by atoms with E-state index in [1.807, 2.05) is 25.1 Å². The van der Waals surface area contributed by atoms with E-state index in [1.165, 1.54) is 19.1 Å². The van der Waals surface area contributed by atoms with E-state index in [4.69, 9.17) is 0 Å². The molecule has 196 valence electrons. The first-order valence-electron chi connectivity index (χ1n) is 11.7. The quantitative estimate of drug-likeness (QED) is 0.478. The highest BCUT2D eigenvalue weighted by atomic mass is 19.4. The summed E-state index contributed by atoms with van der Waals surface area (Å²) in [5.41, 5.74) is 3.26. The summed E-state index contributed by atoms with van der Waals surface area (Å²) in [6.45, 7) is 8.65. The third-order valence-corrected chi connectivity index (χ3v) is 5.84. The van der Waals surface area contributed by atoms with Gasteiger partial charge in [0.2, 0.25) is 17.8 Å². The van der Waals surface area contributed by atoms with E-state index in [0.717, 1.165) is 29.9 Å². The molecule has 1 aliphatic rings. The van der Waals surface area contributed by atoms with E-state index in [-0.39, 0.29) is 11.7 Å². The summed E-state index contributed by atoms with van der Waals surface area (Å²) >= 11 is 0. The molecule has 0 bridgehead atoms. The topological polar surface area (TPSA) is 95.5 Å². The maximum atomic E-state index is 12.4. The van der Waals surface area contributed by atoms with Crippen molar-refractivity contribution in [2.75, 3.05) is 41.7 Å². The van der Waals surface area contributed by atoms with Gasteiger partial charge in [-0.05, 0) is 49.2 Å². The van der Waals surface area contributed by atoms with E-state index >= 15 is 0 Å². The van der Waals surface area contributed by atoms with Crippen LogP contribution in [0, 0.1) is 13.8 Å². The van der Waals surface area contributed by atoms with Crippen LogP contribution in [-0.2, 0) is 11.3 Å². The van der Waals surface area contributed by atoms with Crippen molar-refractivity contribution in [1.29, 1.82) is 0 Å². The first-order chi connectivity index (χ1) is 17.6. The van der Waals surface area contributed by atoms with Crippen LogP contribution in [0.1, 0.15) is 23.9 Å². The number of hydrogen-bond acceptors (Lipinski definition) is 8. The van der Waals surface area contributed by atoms with Crippen molar-refractivity contribution >= 4 is 29.2 Å². The number of aromatic nitrogens is 3. The van der Waals surface area contributed by atoms with Gasteiger partial charge in [-0.15, -0.1) is 13.2 Å². The monoisotopic (exact) mass is 515 g/mol. The lowest BCUT2D eigenvalue weighted by Gasteiger charge is -2.34. The molecule has 12 heteroatoms. The van der Waals surface area contributed by atoms with Gasteiger partial charge >= 0.3 is 6.36 Å². The zero-order valence-corrected chi connectivity index (χ0v) is 20.8. The molecule has 9 nitrogen and oxygen atoms in total. The zero-order valence-electron chi connectivity index (χ0n) is 20.8.